The lowest BCUT2D eigenvalue weighted by Gasteiger charge is -2.13. The minimum Gasteiger partial charge on any atom is -0.378 e. The van der Waals surface area contributed by atoms with Gasteiger partial charge in [0.1, 0.15) is 0 Å². The predicted octanol–water partition coefficient (Wildman–Crippen LogP) is 2.80. The average molecular weight is 335 g/mol. The van der Waals surface area contributed by atoms with Gasteiger partial charge in [-0.15, -0.1) is 0 Å². The second-order valence-electron chi connectivity index (χ2n) is 6.28. The van der Waals surface area contributed by atoms with Gasteiger partial charge in [-0.1, -0.05) is 12.1 Å². The summed E-state index contributed by atoms with van der Waals surface area (Å²) in [5.41, 5.74) is 10.8. The van der Waals surface area contributed by atoms with Crippen LogP contribution in [0.3, 0.4) is 0 Å². The number of benzene rings is 1. The van der Waals surface area contributed by atoms with Crippen molar-refractivity contribution >= 4 is 16.6 Å². The van der Waals surface area contributed by atoms with Gasteiger partial charge >= 0.3 is 0 Å². The predicted molar refractivity (Wildman–Crippen MR) is 105 cm³/mol. The monoisotopic (exact) mass is 335 g/mol. The van der Waals surface area contributed by atoms with E-state index in [2.05, 4.69) is 51.6 Å². The van der Waals surface area contributed by atoms with Crippen molar-refractivity contribution < 1.29 is 0 Å². The first kappa shape index (κ1) is 17.3. The normalized spacial score (nSPS) is 11.0. The van der Waals surface area contributed by atoms with Crippen molar-refractivity contribution in [2.45, 2.75) is 13.0 Å². The van der Waals surface area contributed by atoms with Gasteiger partial charge in [0, 0.05) is 43.5 Å². The molecular weight excluding hydrogens is 310 g/mol. The average Bonchev–Trinajstić information content (AvgIpc) is 2.65. The molecule has 0 bridgehead atoms. The number of fused-ring (bicyclic) bond motifs is 1. The summed E-state index contributed by atoms with van der Waals surface area (Å²) in [5.74, 6) is 0. The van der Waals surface area contributed by atoms with Crippen LogP contribution in [0.25, 0.3) is 22.2 Å². The maximum atomic E-state index is 5.56. The van der Waals surface area contributed by atoms with Crippen LogP contribution in [-0.4, -0.2) is 37.2 Å². The van der Waals surface area contributed by atoms with Gasteiger partial charge in [-0.05, 0) is 49.8 Å². The fraction of sp³-hybridized carbons (Fsp3) is 0.300. The highest BCUT2D eigenvalue weighted by Gasteiger charge is 2.09. The van der Waals surface area contributed by atoms with Crippen molar-refractivity contribution in [3.63, 3.8) is 0 Å². The Morgan fingerprint density at radius 3 is 2.64 bits per heavy atom. The quantitative estimate of drug-likeness (QED) is 0.650. The molecule has 3 N–H and O–H groups in total. The van der Waals surface area contributed by atoms with Crippen LogP contribution < -0.4 is 16.0 Å². The van der Waals surface area contributed by atoms with Gasteiger partial charge in [-0.3, -0.25) is 9.97 Å². The van der Waals surface area contributed by atoms with E-state index in [1.807, 2.05) is 26.4 Å². The smallest absolute Gasteiger partial charge is 0.0742 e. The van der Waals surface area contributed by atoms with Gasteiger partial charge in [0.2, 0.25) is 0 Å². The third-order valence-electron chi connectivity index (χ3n) is 4.21. The molecule has 2 aromatic heterocycles. The van der Waals surface area contributed by atoms with Crippen molar-refractivity contribution in [1.29, 1.82) is 0 Å². The maximum Gasteiger partial charge on any atom is 0.0742 e. The van der Waals surface area contributed by atoms with E-state index in [0.717, 1.165) is 40.8 Å². The molecule has 0 radical (unpaired) electrons. The minimum atomic E-state index is 0.695. The summed E-state index contributed by atoms with van der Waals surface area (Å²) < 4.78 is 0. The van der Waals surface area contributed by atoms with E-state index in [0.29, 0.717) is 13.1 Å². The van der Waals surface area contributed by atoms with Crippen LogP contribution in [0.5, 0.6) is 0 Å². The lowest BCUT2D eigenvalue weighted by Crippen LogP contribution is -2.18. The number of anilines is 1. The number of hydrogen-bond donors (Lipinski definition) is 2. The van der Waals surface area contributed by atoms with E-state index >= 15 is 0 Å². The molecule has 2 heterocycles. The van der Waals surface area contributed by atoms with Gasteiger partial charge in [0.25, 0.3) is 0 Å². The van der Waals surface area contributed by atoms with Crippen molar-refractivity contribution in [3.05, 3.63) is 54.4 Å². The third-order valence-corrected chi connectivity index (χ3v) is 4.21. The van der Waals surface area contributed by atoms with E-state index < -0.39 is 0 Å². The van der Waals surface area contributed by atoms with Gasteiger partial charge in [-0.2, -0.15) is 0 Å². The molecule has 5 heteroatoms. The molecule has 25 heavy (non-hydrogen) atoms. The number of hydrogen-bond acceptors (Lipinski definition) is 5. The zero-order valence-corrected chi connectivity index (χ0v) is 14.9. The molecule has 3 rings (SSSR count). The summed E-state index contributed by atoms with van der Waals surface area (Å²) in [6, 6.07) is 14.5. The first-order valence-corrected chi connectivity index (χ1v) is 8.62. The van der Waals surface area contributed by atoms with Crippen LogP contribution in [0, 0.1) is 0 Å². The molecule has 5 nitrogen and oxygen atoms in total. The summed E-state index contributed by atoms with van der Waals surface area (Å²) in [6.07, 6.45) is 2.79. The molecule has 0 aliphatic heterocycles. The first-order chi connectivity index (χ1) is 12.2. The van der Waals surface area contributed by atoms with E-state index in [4.69, 9.17) is 10.7 Å². The van der Waals surface area contributed by atoms with E-state index in [9.17, 15) is 0 Å². The molecule has 0 atom stereocenters. The molecule has 0 aliphatic carbocycles. The van der Waals surface area contributed by atoms with Gasteiger partial charge in [-0.25, -0.2) is 0 Å². The first-order valence-electron chi connectivity index (χ1n) is 8.62. The molecule has 130 valence electrons. The second kappa shape index (κ2) is 8.05. The number of aromatic nitrogens is 2. The molecule has 3 aromatic rings. The Labute approximate surface area is 148 Å². The number of nitrogens with one attached hydrogen (secondary N) is 1. The van der Waals surface area contributed by atoms with Crippen LogP contribution in [0.4, 0.5) is 5.69 Å². The van der Waals surface area contributed by atoms with Crippen molar-refractivity contribution in [1.82, 2.24) is 15.3 Å². The Morgan fingerprint density at radius 1 is 1.12 bits per heavy atom. The lowest BCUT2D eigenvalue weighted by atomic mass is 10.1. The summed E-state index contributed by atoms with van der Waals surface area (Å²) in [4.78, 5) is 11.5. The summed E-state index contributed by atoms with van der Waals surface area (Å²) in [7, 11) is 4.08. The fourth-order valence-corrected chi connectivity index (χ4v) is 2.79. The maximum absolute atomic E-state index is 5.56. The Hall–Kier alpha value is -2.50. The molecular formula is C20H25N5. The minimum absolute atomic E-state index is 0.695. The number of nitrogens with zero attached hydrogens (tertiary/aromatic N) is 3. The molecule has 0 saturated carbocycles. The molecule has 1 aromatic carbocycles. The summed E-state index contributed by atoms with van der Waals surface area (Å²) in [6.45, 7) is 2.30. The summed E-state index contributed by atoms with van der Waals surface area (Å²) >= 11 is 0. The van der Waals surface area contributed by atoms with Crippen LogP contribution in [-0.2, 0) is 6.54 Å². The highest BCUT2D eigenvalue weighted by atomic mass is 15.1. The zero-order chi connectivity index (χ0) is 17.6. The topological polar surface area (TPSA) is 67.1 Å². The number of nitrogens with two attached hydrogens (primary N) is 1. The Balaban J connectivity index is 1.95. The standard InChI is InChI=1S/C20H25N5/c1-25(2)16-8-6-15(7-9-16)18-13-19-17(5-3-12-23-19)20(24-18)14-22-11-4-10-21/h3,5-9,12-13,22H,4,10-11,14,21H2,1-2H3. The van der Waals surface area contributed by atoms with Crippen LogP contribution in [0.2, 0.25) is 0 Å². The van der Waals surface area contributed by atoms with Crippen LogP contribution in [0.1, 0.15) is 12.1 Å². The Kier molecular flexibility index (Phi) is 5.58. The number of rotatable bonds is 7. The van der Waals surface area contributed by atoms with Gasteiger partial charge in [0.05, 0.1) is 16.9 Å². The van der Waals surface area contributed by atoms with Crippen molar-refractivity contribution in [2.75, 3.05) is 32.1 Å². The summed E-state index contributed by atoms with van der Waals surface area (Å²) in [5, 5.41) is 4.51. The Morgan fingerprint density at radius 2 is 1.92 bits per heavy atom. The molecule has 0 spiro atoms. The molecule has 0 saturated heterocycles. The van der Waals surface area contributed by atoms with Gasteiger partial charge in [0.15, 0.2) is 0 Å². The second-order valence-corrected chi connectivity index (χ2v) is 6.28. The van der Waals surface area contributed by atoms with Crippen molar-refractivity contribution in [2.24, 2.45) is 5.73 Å². The molecule has 0 amide bonds. The molecule has 0 fully saturated rings. The lowest BCUT2D eigenvalue weighted by molar-refractivity contribution is 0.649. The fourth-order valence-electron chi connectivity index (χ4n) is 2.79. The molecule has 0 unspecified atom stereocenters. The number of pyridine rings is 2. The highest BCUT2D eigenvalue weighted by molar-refractivity contribution is 5.84. The van der Waals surface area contributed by atoms with Crippen LogP contribution >= 0.6 is 0 Å². The highest BCUT2D eigenvalue weighted by Crippen LogP contribution is 2.25. The van der Waals surface area contributed by atoms with Gasteiger partial charge < -0.3 is 16.0 Å². The zero-order valence-electron chi connectivity index (χ0n) is 14.9. The largest absolute Gasteiger partial charge is 0.378 e. The third kappa shape index (κ3) is 4.13. The van der Waals surface area contributed by atoms with Crippen LogP contribution in [0.15, 0.2) is 48.7 Å². The Bertz CT molecular complexity index is 827. The SMILES string of the molecule is CN(C)c1ccc(-c2cc3ncccc3c(CNCCCN)n2)cc1. The van der Waals surface area contributed by atoms with E-state index in [-0.39, 0.29) is 0 Å². The van der Waals surface area contributed by atoms with Crippen molar-refractivity contribution in [3.8, 4) is 11.3 Å². The van der Waals surface area contributed by atoms with E-state index in [1.165, 1.54) is 5.69 Å². The molecule has 0 aliphatic rings. The van der Waals surface area contributed by atoms with E-state index in [1.54, 1.807) is 0 Å².